The van der Waals surface area contributed by atoms with Crippen molar-refractivity contribution in [2.45, 2.75) is 88.6 Å². The number of hydrogen-bond acceptors (Lipinski definition) is 2. The summed E-state index contributed by atoms with van der Waals surface area (Å²) >= 11 is 0. The zero-order chi connectivity index (χ0) is 12.8. The minimum absolute atomic E-state index is 0.342. The van der Waals surface area contributed by atoms with Crippen molar-refractivity contribution in [1.82, 2.24) is 5.32 Å². The van der Waals surface area contributed by atoms with Gasteiger partial charge in [-0.1, -0.05) is 32.1 Å². The van der Waals surface area contributed by atoms with Crippen LogP contribution in [0, 0.1) is 0 Å². The topological polar surface area (TPSA) is 49.3 Å². The van der Waals surface area contributed by atoms with E-state index in [4.69, 9.17) is 5.11 Å². The van der Waals surface area contributed by atoms with Gasteiger partial charge in [-0.25, -0.2) is 0 Å². The van der Waals surface area contributed by atoms with Crippen LogP contribution in [-0.4, -0.2) is 22.7 Å². The number of nitrogens with one attached hydrogen (secondary N) is 1. The molecule has 0 spiro atoms. The molecule has 2 bridgehead atoms. The van der Waals surface area contributed by atoms with Crippen LogP contribution in [0.3, 0.4) is 0 Å². The number of carboxylic acid groups (broad SMARTS) is 1. The van der Waals surface area contributed by atoms with E-state index in [1.807, 2.05) is 0 Å². The van der Waals surface area contributed by atoms with Gasteiger partial charge in [-0.3, -0.25) is 4.79 Å². The molecule has 0 aliphatic carbocycles. The van der Waals surface area contributed by atoms with E-state index >= 15 is 0 Å². The Morgan fingerprint density at radius 3 is 2.22 bits per heavy atom. The molecule has 2 aliphatic heterocycles. The summed E-state index contributed by atoms with van der Waals surface area (Å²) < 4.78 is 0. The Kier molecular flexibility index (Phi) is 5.04. The van der Waals surface area contributed by atoms with Gasteiger partial charge in [0.25, 0.3) is 0 Å². The third kappa shape index (κ3) is 3.98. The molecule has 0 radical (unpaired) electrons. The van der Waals surface area contributed by atoms with Gasteiger partial charge in [0, 0.05) is 18.0 Å². The van der Waals surface area contributed by atoms with Crippen LogP contribution in [0.2, 0.25) is 0 Å². The van der Waals surface area contributed by atoms with E-state index in [1.54, 1.807) is 0 Å². The molecule has 2 fully saturated rings. The highest BCUT2D eigenvalue weighted by molar-refractivity contribution is 5.66. The number of rotatable bonds is 9. The van der Waals surface area contributed by atoms with Crippen molar-refractivity contribution >= 4 is 5.97 Å². The largest absolute Gasteiger partial charge is 0.481 e. The molecule has 2 heterocycles. The van der Waals surface area contributed by atoms with E-state index in [9.17, 15) is 4.79 Å². The summed E-state index contributed by atoms with van der Waals surface area (Å²) in [5.74, 6) is -0.655. The Morgan fingerprint density at radius 2 is 1.67 bits per heavy atom. The van der Waals surface area contributed by atoms with Gasteiger partial charge in [0.05, 0.1) is 0 Å². The van der Waals surface area contributed by atoms with Gasteiger partial charge >= 0.3 is 5.97 Å². The summed E-state index contributed by atoms with van der Waals surface area (Å²) in [6.07, 6.45) is 14.4. The Bertz CT molecular complexity index is 270. The van der Waals surface area contributed by atoms with Gasteiger partial charge in [-0.15, -0.1) is 0 Å². The molecule has 2 rings (SSSR count). The Balaban J connectivity index is 1.43. The molecule has 0 atom stereocenters. The summed E-state index contributed by atoms with van der Waals surface area (Å²) in [4.78, 5) is 10.3. The summed E-state index contributed by atoms with van der Waals surface area (Å²) in [5, 5.41) is 12.3. The van der Waals surface area contributed by atoms with Crippen LogP contribution in [-0.2, 0) is 4.79 Å². The fraction of sp³-hybridized carbons (Fsp3) is 0.933. The number of fused-ring (bicyclic) bond motifs is 2. The third-order valence-electron chi connectivity index (χ3n) is 4.75. The second kappa shape index (κ2) is 6.55. The molecule has 3 nitrogen and oxygen atoms in total. The van der Waals surface area contributed by atoms with Gasteiger partial charge in [-0.05, 0) is 38.5 Å². The molecule has 2 N–H and O–H groups in total. The van der Waals surface area contributed by atoms with Crippen molar-refractivity contribution < 1.29 is 9.90 Å². The summed E-state index contributed by atoms with van der Waals surface area (Å²) in [6, 6.07) is 0.834. The summed E-state index contributed by atoms with van der Waals surface area (Å²) in [6.45, 7) is 0. The molecule has 0 unspecified atom stereocenters. The highest BCUT2D eigenvalue weighted by atomic mass is 16.4. The standard InChI is InChI=1S/C15H27NO2/c17-14(18)7-5-3-1-2-4-6-10-15-11-8-13(16-15)9-12-15/h13,16H,1-12H2,(H,17,18). The number of aliphatic carboxylic acids is 1. The van der Waals surface area contributed by atoms with Gasteiger partial charge in [0.1, 0.15) is 0 Å². The van der Waals surface area contributed by atoms with Gasteiger partial charge < -0.3 is 10.4 Å². The Morgan fingerprint density at radius 1 is 1.06 bits per heavy atom. The molecule has 0 amide bonds. The maximum atomic E-state index is 10.3. The van der Waals surface area contributed by atoms with Crippen LogP contribution in [0.5, 0.6) is 0 Å². The van der Waals surface area contributed by atoms with Crippen molar-refractivity contribution in [3.05, 3.63) is 0 Å². The van der Waals surface area contributed by atoms with Crippen molar-refractivity contribution in [2.24, 2.45) is 0 Å². The van der Waals surface area contributed by atoms with E-state index in [-0.39, 0.29) is 0 Å². The molecule has 0 saturated carbocycles. The van der Waals surface area contributed by atoms with Crippen LogP contribution in [0.15, 0.2) is 0 Å². The highest BCUT2D eigenvalue weighted by Crippen LogP contribution is 2.40. The maximum absolute atomic E-state index is 10.3. The Labute approximate surface area is 110 Å². The second-order valence-corrected chi connectivity index (χ2v) is 6.21. The fourth-order valence-electron chi connectivity index (χ4n) is 3.66. The van der Waals surface area contributed by atoms with Crippen LogP contribution in [0.1, 0.15) is 77.0 Å². The van der Waals surface area contributed by atoms with Crippen LogP contribution >= 0.6 is 0 Å². The average Bonchev–Trinajstić information content (AvgIpc) is 2.92. The minimum atomic E-state index is -0.655. The molecule has 0 aromatic carbocycles. The normalized spacial score (nSPS) is 29.9. The SMILES string of the molecule is O=C(O)CCCCCCCCC12CCC(CC1)N2. The first-order valence-corrected chi connectivity index (χ1v) is 7.70. The third-order valence-corrected chi connectivity index (χ3v) is 4.75. The number of carboxylic acids is 1. The first kappa shape index (κ1) is 13.9. The molecule has 0 aromatic heterocycles. The lowest BCUT2D eigenvalue weighted by Gasteiger charge is -2.25. The number of unbranched alkanes of at least 4 members (excludes halogenated alkanes) is 5. The maximum Gasteiger partial charge on any atom is 0.303 e. The van der Waals surface area contributed by atoms with Crippen LogP contribution in [0.25, 0.3) is 0 Å². The average molecular weight is 253 g/mol. The zero-order valence-electron chi connectivity index (χ0n) is 11.4. The molecule has 2 saturated heterocycles. The molecular weight excluding hydrogens is 226 g/mol. The van der Waals surface area contributed by atoms with Gasteiger partial charge in [0.2, 0.25) is 0 Å². The van der Waals surface area contributed by atoms with Crippen molar-refractivity contribution in [3.63, 3.8) is 0 Å². The highest BCUT2D eigenvalue weighted by Gasteiger charge is 2.43. The quantitative estimate of drug-likeness (QED) is 0.618. The monoisotopic (exact) mass is 253 g/mol. The summed E-state index contributed by atoms with van der Waals surface area (Å²) in [7, 11) is 0. The van der Waals surface area contributed by atoms with Crippen molar-refractivity contribution in [2.75, 3.05) is 0 Å². The lowest BCUT2D eigenvalue weighted by atomic mass is 9.84. The van der Waals surface area contributed by atoms with Crippen LogP contribution < -0.4 is 5.32 Å². The van der Waals surface area contributed by atoms with E-state index in [0.717, 1.165) is 18.9 Å². The molecule has 3 heteroatoms. The number of hydrogen-bond donors (Lipinski definition) is 2. The smallest absolute Gasteiger partial charge is 0.303 e. The van der Waals surface area contributed by atoms with E-state index in [2.05, 4.69) is 5.32 Å². The Hall–Kier alpha value is -0.570. The first-order valence-electron chi connectivity index (χ1n) is 7.70. The van der Waals surface area contributed by atoms with Crippen molar-refractivity contribution in [1.29, 1.82) is 0 Å². The fourth-order valence-corrected chi connectivity index (χ4v) is 3.66. The van der Waals surface area contributed by atoms with E-state index < -0.39 is 5.97 Å². The summed E-state index contributed by atoms with van der Waals surface area (Å²) in [5.41, 5.74) is 0.522. The predicted octanol–water partition coefficient (Wildman–Crippen LogP) is 3.48. The number of carbonyl (C=O) groups is 1. The molecule has 18 heavy (non-hydrogen) atoms. The van der Waals surface area contributed by atoms with Gasteiger partial charge in [-0.2, -0.15) is 0 Å². The van der Waals surface area contributed by atoms with Crippen LogP contribution in [0.4, 0.5) is 0 Å². The molecule has 0 aromatic rings. The van der Waals surface area contributed by atoms with E-state index in [0.29, 0.717) is 12.0 Å². The van der Waals surface area contributed by atoms with Crippen molar-refractivity contribution in [3.8, 4) is 0 Å². The molecule has 2 aliphatic rings. The van der Waals surface area contributed by atoms with Gasteiger partial charge in [0.15, 0.2) is 0 Å². The molecule has 104 valence electrons. The minimum Gasteiger partial charge on any atom is -0.481 e. The predicted molar refractivity (Wildman–Crippen MR) is 72.7 cm³/mol. The zero-order valence-corrected chi connectivity index (χ0v) is 11.4. The lowest BCUT2D eigenvalue weighted by Crippen LogP contribution is -2.35. The second-order valence-electron chi connectivity index (χ2n) is 6.21. The lowest BCUT2D eigenvalue weighted by molar-refractivity contribution is -0.137. The first-order chi connectivity index (χ1) is 8.70. The van der Waals surface area contributed by atoms with E-state index in [1.165, 1.54) is 57.8 Å². The molecular formula is C15H27NO2.